The fourth-order valence-electron chi connectivity index (χ4n) is 9.72. The molecule has 4 aromatic rings. The maximum absolute atomic E-state index is 6.13. The molecule has 1 saturated carbocycles. The fourth-order valence-corrected chi connectivity index (χ4v) is 9.72. The van der Waals surface area contributed by atoms with E-state index >= 15 is 0 Å². The number of hydrogen-bond donors (Lipinski definition) is 2. The van der Waals surface area contributed by atoms with Crippen LogP contribution in [0, 0.1) is 5.92 Å². The van der Waals surface area contributed by atoms with E-state index in [9.17, 15) is 0 Å². The first kappa shape index (κ1) is 42.6. The van der Waals surface area contributed by atoms with E-state index in [-0.39, 0.29) is 5.41 Å². The molecule has 0 bridgehead atoms. The molecule has 0 aromatic heterocycles. The van der Waals surface area contributed by atoms with Gasteiger partial charge < -0.3 is 11.5 Å². The second kappa shape index (κ2) is 22.9. The Morgan fingerprint density at radius 2 is 0.764 bits per heavy atom. The highest BCUT2D eigenvalue weighted by Crippen LogP contribution is 2.48. The highest BCUT2D eigenvalue weighted by Gasteiger charge is 2.38. The molecule has 0 radical (unpaired) electrons. The lowest BCUT2D eigenvalue weighted by atomic mass is 9.62. The predicted molar refractivity (Wildman–Crippen MR) is 241 cm³/mol. The minimum atomic E-state index is 0.0589. The van der Waals surface area contributed by atoms with Gasteiger partial charge in [0, 0.05) is 28.6 Å². The van der Waals surface area contributed by atoms with E-state index in [0.29, 0.717) is 11.8 Å². The van der Waals surface area contributed by atoms with E-state index in [1.54, 1.807) is 0 Å². The van der Waals surface area contributed by atoms with Crippen molar-refractivity contribution in [1.82, 2.24) is 0 Å². The maximum atomic E-state index is 6.13. The van der Waals surface area contributed by atoms with Crippen molar-refractivity contribution < 1.29 is 0 Å². The molecule has 2 nitrogen and oxygen atoms in total. The number of anilines is 2. The summed E-state index contributed by atoms with van der Waals surface area (Å²) in [5.74, 6) is 1.67. The molecule has 2 atom stereocenters. The minimum Gasteiger partial charge on any atom is -0.399 e. The first-order valence-corrected chi connectivity index (χ1v) is 22.9. The molecule has 1 aliphatic rings. The summed E-state index contributed by atoms with van der Waals surface area (Å²) in [5.41, 5.74) is 22.7. The van der Waals surface area contributed by atoms with Crippen molar-refractivity contribution in [3.8, 4) is 0 Å². The summed E-state index contributed by atoms with van der Waals surface area (Å²) in [6.07, 6.45) is 29.0. The zero-order chi connectivity index (χ0) is 38.7. The molecule has 0 heterocycles. The van der Waals surface area contributed by atoms with Gasteiger partial charge in [-0.3, -0.25) is 0 Å². The Kier molecular flexibility index (Phi) is 17.7. The van der Waals surface area contributed by atoms with Crippen LogP contribution in [0.5, 0.6) is 0 Å². The highest BCUT2D eigenvalue weighted by molar-refractivity contribution is 5.47. The second-order valence-corrected chi connectivity index (χ2v) is 17.3. The smallest absolute Gasteiger partial charge is 0.0314 e. The van der Waals surface area contributed by atoms with E-state index in [4.69, 9.17) is 11.5 Å². The van der Waals surface area contributed by atoms with Crippen LogP contribution in [-0.4, -0.2) is 0 Å². The first-order chi connectivity index (χ1) is 27.0. The molecule has 1 aliphatic carbocycles. The lowest BCUT2D eigenvalue weighted by Gasteiger charge is -2.42. The average molecular weight is 741 g/mol. The summed E-state index contributed by atoms with van der Waals surface area (Å²) in [5, 5.41) is 0. The number of rotatable bonds is 24. The number of hydrogen-bond acceptors (Lipinski definition) is 2. The Morgan fingerprint density at radius 3 is 1.15 bits per heavy atom. The van der Waals surface area contributed by atoms with Gasteiger partial charge in [0.05, 0.1) is 0 Å². The lowest BCUT2D eigenvalue weighted by molar-refractivity contribution is 0.250. The van der Waals surface area contributed by atoms with E-state index in [2.05, 4.69) is 118 Å². The van der Waals surface area contributed by atoms with Crippen LogP contribution in [-0.2, 0) is 5.41 Å². The third-order valence-corrected chi connectivity index (χ3v) is 13.3. The largest absolute Gasteiger partial charge is 0.399 e. The Hall–Kier alpha value is -3.52. The van der Waals surface area contributed by atoms with Crippen LogP contribution < -0.4 is 11.5 Å². The van der Waals surface area contributed by atoms with Crippen LogP contribution in [0.3, 0.4) is 0 Å². The molecule has 4 aromatic carbocycles. The van der Waals surface area contributed by atoms with Crippen molar-refractivity contribution in [3.63, 3.8) is 0 Å². The van der Waals surface area contributed by atoms with Crippen molar-refractivity contribution in [2.45, 2.75) is 179 Å². The van der Waals surface area contributed by atoms with Gasteiger partial charge in [0.15, 0.2) is 0 Å². The quantitative estimate of drug-likeness (QED) is 0.0555. The highest BCUT2D eigenvalue weighted by atomic mass is 14.5. The number of nitrogen functional groups attached to an aromatic ring is 2. The van der Waals surface area contributed by atoms with Gasteiger partial charge in [0.2, 0.25) is 0 Å². The molecule has 5 rings (SSSR count). The van der Waals surface area contributed by atoms with Crippen molar-refractivity contribution in [2.24, 2.45) is 5.92 Å². The number of nitrogens with two attached hydrogens (primary N) is 2. The van der Waals surface area contributed by atoms with Crippen molar-refractivity contribution >= 4 is 11.4 Å². The molecule has 0 saturated heterocycles. The van der Waals surface area contributed by atoms with Gasteiger partial charge in [-0.25, -0.2) is 0 Å². The van der Waals surface area contributed by atoms with Gasteiger partial charge >= 0.3 is 0 Å². The molecule has 1 fully saturated rings. The zero-order valence-electron chi connectivity index (χ0n) is 35.2. The SMILES string of the molecule is CCCCCCCCCC1CCC(c2ccc(C(CCCCCC)c3ccc(N)cc3)cc2)(c2ccc(C(CCCCCC)c3ccc(N)cc3)cc2)CC1. The van der Waals surface area contributed by atoms with E-state index in [1.807, 2.05) is 0 Å². The summed E-state index contributed by atoms with van der Waals surface area (Å²) in [6, 6.07) is 37.3. The van der Waals surface area contributed by atoms with Crippen LogP contribution >= 0.6 is 0 Å². The van der Waals surface area contributed by atoms with Gasteiger partial charge in [-0.05, 0) is 102 Å². The molecule has 4 N–H and O–H groups in total. The van der Waals surface area contributed by atoms with Gasteiger partial charge in [0.25, 0.3) is 0 Å². The summed E-state index contributed by atoms with van der Waals surface area (Å²) in [6.45, 7) is 6.92. The molecular weight excluding hydrogens is 665 g/mol. The van der Waals surface area contributed by atoms with Gasteiger partial charge in [-0.1, -0.05) is 196 Å². The molecule has 298 valence electrons. The Balaban J connectivity index is 1.40. The van der Waals surface area contributed by atoms with E-state index in [0.717, 1.165) is 17.3 Å². The van der Waals surface area contributed by atoms with Crippen LogP contribution in [0.25, 0.3) is 0 Å². The molecule has 0 amide bonds. The topological polar surface area (TPSA) is 52.0 Å². The third-order valence-electron chi connectivity index (χ3n) is 13.3. The number of unbranched alkanes of at least 4 members (excludes halogenated alkanes) is 12. The summed E-state index contributed by atoms with van der Waals surface area (Å²) < 4.78 is 0. The van der Waals surface area contributed by atoms with Crippen molar-refractivity contribution in [2.75, 3.05) is 11.5 Å². The number of benzene rings is 4. The fraction of sp³-hybridized carbons (Fsp3) is 0.547. The van der Waals surface area contributed by atoms with Crippen LogP contribution in [0.2, 0.25) is 0 Å². The van der Waals surface area contributed by atoms with Crippen LogP contribution in [0.15, 0.2) is 97.1 Å². The molecule has 55 heavy (non-hydrogen) atoms. The standard InChI is InChI=1S/C53H76N2/c1-4-7-10-13-14-15-16-19-42-38-40-53(41-39-42,47-30-22-43(23-31-47)51(20-17-11-8-5-2)45-26-34-49(54)35-27-45)48-32-24-44(25-33-48)52(21-18-12-9-6-3)46-28-36-50(55)37-29-46/h22-37,42,51-52H,4-21,38-41,54-55H2,1-3H3. The maximum Gasteiger partial charge on any atom is 0.0314 e. The minimum absolute atomic E-state index is 0.0589. The molecular formula is C53H76N2. The normalized spacial score (nSPS) is 18.3. The van der Waals surface area contributed by atoms with E-state index in [1.165, 1.54) is 175 Å². The monoisotopic (exact) mass is 741 g/mol. The Morgan fingerprint density at radius 1 is 0.436 bits per heavy atom. The first-order valence-electron chi connectivity index (χ1n) is 22.9. The molecule has 2 unspecified atom stereocenters. The third kappa shape index (κ3) is 12.5. The van der Waals surface area contributed by atoms with Gasteiger partial charge in [-0.2, -0.15) is 0 Å². The molecule has 2 heteroatoms. The zero-order valence-corrected chi connectivity index (χ0v) is 35.2. The van der Waals surface area contributed by atoms with Crippen LogP contribution in [0.1, 0.15) is 207 Å². The summed E-state index contributed by atoms with van der Waals surface area (Å²) in [7, 11) is 0. The van der Waals surface area contributed by atoms with E-state index < -0.39 is 0 Å². The van der Waals surface area contributed by atoms with Gasteiger partial charge in [-0.15, -0.1) is 0 Å². The average Bonchev–Trinajstić information content (AvgIpc) is 3.22. The molecule has 0 spiro atoms. The van der Waals surface area contributed by atoms with Gasteiger partial charge in [0.1, 0.15) is 0 Å². The molecule has 0 aliphatic heterocycles. The van der Waals surface area contributed by atoms with Crippen molar-refractivity contribution in [3.05, 3.63) is 130 Å². The second-order valence-electron chi connectivity index (χ2n) is 17.3. The predicted octanol–water partition coefficient (Wildman–Crippen LogP) is 15.7. The summed E-state index contributed by atoms with van der Waals surface area (Å²) >= 11 is 0. The Bertz CT molecular complexity index is 1490. The van der Waals surface area contributed by atoms with Crippen LogP contribution in [0.4, 0.5) is 11.4 Å². The Labute approximate surface area is 337 Å². The summed E-state index contributed by atoms with van der Waals surface area (Å²) in [4.78, 5) is 0. The lowest BCUT2D eigenvalue weighted by Crippen LogP contribution is -2.33. The van der Waals surface area contributed by atoms with Crippen molar-refractivity contribution in [1.29, 1.82) is 0 Å².